The summed E-state index contributed by atoms with van der Waals surface area (Å²) in [6, 6.07) is 9.79. The predicted molar refractivity (Wildman–Crippen MR) is 98.4 cm³/mol. The van der Waals surface area contributed by atoms with Gasteiger partial charge in [0.05, 0.1) is 16.0 Å². The third-order valence-electron chi connectivity index (χ3n) is 4.53. The minimum atomic E-state index is -4.47. The van der Waals surface area contributed by atoms with Gasteiger partial charge in [-0.25, -0.2) is 8.42 Å². The van der Waals surface area contributed by atoms with E-state index in [2.05, 4.69) is 5.32 Å². The fraction of sp³-hybridized carbons (Fsp3) is 0.316. The van der Waals surface area contributed by atoms with Crippen molar-refractivity contribution in [2.24, 2.45) is 0 Å². The lowest BCUT2D eigenvalue weighted by Gasteiger charge is -2.26. The number of alkyl halides is 3. The summed E-state index contributed by atoms with van der Waals surface area (Å²) in [5.41, 5.74) is -0.741. The van der Waals surface area contributed by atoms with Crippen molar-refractivity contribution in [3.63, 3.8) is 0 Å². The number of carbonyl (C=O) groups is 1. The minimum Gasteiger partial charge on any atom is -0.322 e. The van der Waals surface area contributed by atoms with E-state index in [9.17, 15) is 26.4 Å². The molecule has 0 saturated carbocycles. The lowest BCUT2D eigenvalue weighted by atomic mass is 10.1. The standard InChI is InChI=1S/C19H19F3N2O3S/c20-19(21,22)14-8-10-15(11-9-14)23-18(25)16-6-2-3-7-17(16)28(26,27)24-12-4-1-5-13-24/h2-3,6-11H,1,4-5,12-13H2,(H,23,25). The highest BCUT2D eigenvalue weighted by Gasteiger charge is 2.31. The third kappa shape index (κ3) is 4.36. The average Bonchev–Trinajstić information content (AvgIpc) is 2.68. The highest BCUT2D eigenvalue weighted by molar-refractivity contribution is 7.89. The van der Waals surface area contributed by atoms with Gasteiger partial charge in [-0.15, -0.1) is 0 Å². The number of hydrogen-bond donors (Lipinski definition) is 1. The Kier molecular flexibility index (Phi) is 5.76. The molecular formula is C19H19F3N2O3S. The number of nitrogens with zero attached hydrogens (tertiary/aromatic N) is 1. The Labute approximate surface area is 161 Å². The van der Waals surface area contributed by atoms with Crippen LogP contribution in [0.1, 0.15) is 35.2 Å². The Balaban J connectivity index is 1.85. The number of sulfonamides is 1. The zero-order chi connectivity index (χ0) is 20.4. The van der Waals surface area contributed by atoms with Crippen molar-refractivity contribution in [3.05, 3.63) is 59.7 Å². The summed E-state index contributed by atoms with van der Waals surface area (Å²) in [5.74, 6) is -0.698. The molecule has 5 nitrogen and oxygen atoms in total. The molecule has 1 amide bonds. The summed E-state index contributed by atoms with van der Waals surface area (Å²) in [7, 11) is -3.83. The number of anilines is 1. The van der Waals surface area contributed by atoms with Gasteiger partial charge >= 0.3 is 6.18 Å². The molecule has 1 saturated heterocycles. The maximum absolute atomic E-state index is 12.9. The van der Waals surface area contributed by atoms with Crippen molar-refractivity contribution in [1.82, 2.24) is 4.31 Å². The Bertz CT molecular complexity index is 951. The van der Waals surface area contributed by atoms with Gasteiger partial charge in [-0.3, -0.25) is 4.79 Å². The largest absolute Gasteiger partial charge is 0.416 e. The first-order valence-corrected chi connectivity index (χ1v) is 10.2. The van der Waals surface area contributed by atoms with Crippen LogP contribution in [0.25, 0.3) is 0 Å². The van der Waals surface area contributed by atoms with Crippen molar-refractivity contribution in [1.29, 1.82) is 0 Å². The molecule has 0 aromatic heterocycles. The molecule has 2 aromatic carbocycles. The number of benzene rings is 2. The summed E-state index contributed by atoms with van der Waals surface area (Å²) in [6.45, 7) is 0.800. The zero-order valence-corrected chi connectivity index (χ0v) is 15.7. The Morgan fingerprint density at radius 2 is 1.54 bits per heavy atom. The van der Waals surface area contributed by atoms with E-state index in [0.29, 0.717) is 13.1 Å². The average molecular weight is 412 g/mol. The van der Waals surface area contributed by atoms with Crippen LogP contribution in [0.5, 0.6) is 0 Å². The van der Waals surface area contributed by atoms with Crippen LogP contribution in [0.2, 0.25) is 0 Å². The molecule has 3 rings (SSSR count). The molecule has 0 spiro atoms. The number of rotatable bonds is 4. The minimum absolute atomic E-state index is 0.0482. The van der Waals surface area contributed by atoms with E-state index in [1.54, 1.807) is 0 Å². The molecule has 1 heterocycles. The van der Waals surface area contributed by atoms with Crippen molar-refractivity contribution < 1.29 is 26.4 Å². The third-order valence-corrected chi connectivity index (χ3v) is 6.49. The first-order valence-electron chi connectivity index (χ1n) is 8.77. The van der Waals surface area contributed by atoms with Crippen LogP contribution in [0, 0.1) is 0 Å². The molecule has 9 heteroatoms. The van der Waals surface area contributed by atoms with Crippen LogP contribution in [-0.2, 0) is 16.2 Å². The second-order valence-corrected chi connectivity index (χ2v) is 8.40. The van der Waals surface area contributed by atoms with Gasteiger partial charge in [-0.1, -0.05) is 18.6 Å². The Morgan fingerprint density at radius 3 is 2.14 bits per heavy atom. The van der Waals surface area contributed by atoms with Gasteiger partial charge in [0, 0.05) is 18.8 Å². The van der Waals surface area contributed by atoms with E-state index in [0.717, 1.165) is 43.5 Å². The molecule has 0 bridgehead atoms. The normalized spacial score (nSPS) is 16.0. The van der Waals surface area contributed by atoms with Crippen molar-refractivity contribution in [3.8, 4) is 0 Å². The van der Waals surface area contributed by atoms with Crippen LogP contribution < -0.4 is 5.32 Å². The monoisotopic (exact) mass is 412 g/mol. The lowest BCUT2D eigenvalue weighted by molar-refractivity contribution is -0.137. The maximum atomic E-state index is 12.9. The molecule has 1 fully saturated rings. The molecule has 0 aliphatic carbocycles. The summed E-state index contributed by atoms with van der Waals surface area (Å²) in [6.07, 6.45) is -1.99. The molecule has 0 unspecified atom stereocenters. The molecule has 28 heavy (non-hydrogen) atoms. The zero-order valence-electron chi connectivity index (χ0n) is 14.9. The van der Waals surface area contributed by atoms with Crippen LogP contribution >= 0.6 is 0 Å². The molecular weight excluding hydrogens is 393 g/mol. The van der Waals surface area contributed by atoms with Crippen molar-refractivity contribution in [2.75, 3.05) is 18.4 Å². The topological polar surface area (TPSA) is 66.5 Å². The van der Waals surface area contributed by atoms with Gasteiger partial charge in [0.25, 0.3) is 5.91 Å². The van der Waals surface area contributed by atoms with Crippen LogP contribution in [0.4, 0.5) is 18.9 Å². The number of piperidine rings is 1. The van der Waals surface area contributed by atoms with E-state index in [4.69, 9.17) is 0 Å². The SMILES string of the molecule is O=C(Nc1ccc(C(F)(F)F)cc1)c1ccccc1S(=O)(=O)N1CCCCC1. The first-order chi connectivity index (χ1) is 13.2. The van der Waals surface area contributed by atoms with Gasteiger partial charge in [0.15, 0.2) is 0 Å². The van der Waals surface area contributed by atoms with Gasteiger partial charge in [-0.05, 0) is 49.2 Å². The second kappa shape index (κ2) is 7.92. The van der Waals surface area contributed by atoms with E-state index in [-0.39, 0.29) is 16.1 Å². The fourth-order valence-corrected chi connectivity index (χ4v) is 4.77. The second-order valence-electron chi connectivity index (χ2n) is 6.49. The molecule has 150 valence electrons. The predicted octanol–water partition coefficient (Wildman–Crippen LogP) is 4.13. The number of halogens is 3. The summed E-state index contributed by atoms with van der Waals surface area (Å²) in [5, 5.41) is 2.46. The molecule has 1 aliphatic rings. The summed E-state index contributed by atoms with van der Waals surface area (Å²) in [4.78, 5) is 12.5. The Morgan fingerprint density at radius 1 is 0.929 bits per heavy atom. The summed E-state index contributed by atoms with van der Waals surface area (Å²) < 4.78 is 65.2. The molecule has 1 N–H and O–H groups in total. The van der Waals surface area contributed by atoms with Gasteiger partial charge in [-0.2, -0.15) is 17.5 Å². The van der Waals surface area contributed by atoms with Gasteiger partial charge < -0.3 is 5.32 Å². The summed E-state index contributed by atoms with van der Waals surface area (Å²) >= 11 is 0. The highest BCUT2D eigenvalue weighted by atomic mass is 32.2. The van der Waals surface area contributed by atoms with E-state index in [1.165, 1.54) is 28.6 Å². The van der Waals surface area contributed by atoms with Gasteiger partial charge in [0.2, 0.25) is 10.0 Å². The Hall–Kier alpha value is -2.39. The number of hydrogen-bond acceptors (Lipinski definition) is 3. The highest BCUT2D eigenvalue weighted by Crippen LogP contribution is 2.30. The van der Waals surface area contributed by atoms with E-state index >= 15 is 0 Å². The van der Waals surface area contributed by atoms with Crippen molar-refractivity contribution >= 4 is 21.6 Å². The fourth-order valence-electron chi connectivity index (χ4n) is 3.06. The van der Waals surface area contributed by atoms with Crippen LogP contribution in [0.15, 0.2) is 53.4 Å². The number of amides is 1. The van der Waals surface area contributed by atoms with Crippen LogP contribution in [0.3, 0.4) is 0 Å². The molecule has 1 aliphatic heterocycles. The first kappa shape index (κ1) is 20.3. The lowest BCUT2D eigenvalue weighted by Crippen LogP contribution is -2.36. The molecule has 0 atom stereocenters. The molecule has 2 aromatic rings. The van der Waals surface area contributed by atoms with Crippen molar-refractivity contribution in [2.45, 2.75) is 30.3 Å². The smallest absolute Gasteiger partial charge is 0.322 e. The van der Waals surface area contributed by atoms with E-state index in [1.807, 2.05) is 0 Å². The maximum Gasteiger partial charge on any atom is 0.416 e. The molecule has 0 radical (unpaired) electrons. The van der Waals surface area contributed by atoms with Crippen LogP contribution in [-0.4, -0.2) is 31.7 Å². The number of nitrogens with one attached hydrogen (secondary N) is 1. The number of carbonyl (C=O) groups excluding carboxylic acids is 1. The van der Waals surface area contributed by atoms with E-state index < -0.39 is 27.7 Å². The van der Waals surface area contributed by atoms with Gasteiger partial charge in [0.1, 0.15) is 0 Å². The quantitative estimate of drug-likeness (QED) is 0.821.